The van der Waals surface area contributed by atoms with E-state index < -0.39 is 28.0 Å². The maximum atomic E-state index is 13.7. The Morgan fingerprint density at radius 2 is 2.10 bits per heavy atom. The average molecular weight is 462 g/mol. The lowest BCUT2D eigenvalue weighted by Gasteiger charge is -2.38. The Morgan fingerprint density at radius 3 is 2.74 bits per heavy atom. The Morgan fingerprint density at radius 1 is 1.35 bits per heavy atom. The number of benzene rings is 1. The number of sulfonamides is 1. The van der Waals surface area contributed by atoms with Crippen LogP contribution in [0.2, 0.25) is 0 Å². The van der Waals surface area contributed by atoms with E-state index in [0.29, 0.717) is 27.8 Å². The molecule has 5 rings (SSSR count). The van der Waals surface area contributed by atoms with Gasteiger partial charge in [-0.2, -0.15) is 0 Å². The first-order valence-electron chi connectivity index (χ1n) is 11.1. The molecular weight excluding hydrogens is 434 g/mol. The van der Waals surface area contributed by atoms with E-state index in [0.717, 1.165) is 17.7 Å². The highest BCUT2D eigenvalue weighted by Crippen LogP contribution is 2.38. The third-order valence-electron chi connectivity index (χ3n) is 5.82. The molecule has 1 N–H and O–H groups in total. The molecule has 3 heterocycles. The highest BCUT2D eigenvalue weighted by Gasteiger charge is 2.43. The minimum atomic E-state index is -3.83. The molecule has 0 saturated heterocycles. The summed E-state index contributed by atoms with van der Waals surface area (Å²) in [5, 5.41) is 0.697. The molecule has 3 aliphatic rings. The molecule has 8 nitrogen and oxygen atoms in total. The molecule has 0 bridgehead atoms. The number of nitrogens with one attached hydrogen (secondary N) is 1. The lowest BCUT2D eigenvalue weighted by atomic mass is 10.1. The maximum Gasteiger partial charge on any atom is 0.263 e. The fourth-order valence-electron chi connectivity index (χ4n) is 3.88. The first-order chi connectivity index (χ1) is 15.3. The molecule has 31 heavy (non-hydrogen) atoms. The summed E-state index contributed by atoms with van der Waals surface area (Å²) < 4.78 is 46.5. The molecule has 0 radical (unpaired) electrons. The van der Waals surface area contributed by atoms with Gasteiger partial charge in [-0.25, -0.2) is 18.1 Å². The molecule has 2 aromatic rings. The van der Waals surface area contributed by atoms with Gasteiger partial charge in [0.25, 0.3) is 5.91 Å². The molecular formula is C21H25N5O3S2. The van der Waals surface area contributed by atoms with Crippen molar-refractivity contribution in [1.29, 1.82) is 0 Å². The second-order valence-electron chi connectivity index (χ2n) is 8.60. The predicted molar refractivity (Wildman–Crippen MR) is 120 cm³/mol. The Balaban J connectivity index is 1.63. The second-order valence-corrected chi connectivity index (χ2v) is 11.5. The maximum absolute atomic E-state index is 13.7. The molecule has 1 atom stereocenters. The molecule has 1 aromatic heterocycles. The summed E-state index contributed by atoms with van der Waals surface area (Å²) in [5.41, 5.74) is 0.726. The number of aliphatic imine (C=N–C) groups is 1. The largest absolute Gasteiger partial charge is 0.307 e. The van der Waals surface area contributed by atoms with Gasteiger partial charge in [0, 0.05) is 10.4 Å². The second kappa shape index (κ2) is 6.85. The lowest BCUT2D eigenvalue weighted by molar-refractivity contribution is 0.0833. The number of thiazole rings is 1. The van der Waals surface area contributed by atoms with Crippen LogP contribution in [0.15, 0.2) is 28.1 Å². The quantitative estimate of drug-likeness (QED) is 0.739. The third kappa shape index (κ3) is 3.46. The Kier molecular flexibility index (Phi) is 4.04. The highest BCUT2D eigenvalue weighted by molar-refractivity contribution is 7.89. The molecule has 164 valence electrons. The van der Waals surface area contributed by atoms with Crippen LogP contribution in [0.5, 0.6) is 0 Å². The number of rotatable bonds is 5. The van der Waals surface area contributed by atoms with Gasteiger partial charge in [-0.05, 0) is 58.7 Å². The summed E-state index contributed by atoms with van der Waals surface area (Å²) in [4.78, 5) is 25.7. The molecule has 0 spiro atoms. The van der Waals surface area contributed by atoms with Crippen molar-refractivity contribution in [3.63, 3.8) is 0 Å². The number of guanidine groups is 1. The van der Waals surface area contributed by atoms with Crippen molar-refractivity contribution in [1.82, 2.24) is 14.6 Å². The molecule has 1 fully saturated rings. The van der Waals surface area contributed by atoms with E-state index in [1.54, 1.807) is 19.9 Å². The summed E-state index contributed by atoms with van der Waals surface area (Å²) in [7, 11) is -3.83. The van der Waals surface area contributed by atoms with E-state index in [1.807, 2.05) is 18.7 Å². The Hall–Kier alpha value is -2.30. The van der Waals surface area contributed by atoms with E-state index in [1.165, 1.54) is 23.5 Å². The van der Waals surface area contributed by atoms with Crippen molar-refractivity contribution in [2.75, 3.05) is 11.4 Å². The van der Waals surface area contributed by atoms with Crippen LogP contribution in [0.1, 0.15) is 55.4 Å². The number of amides is 1. The summed E-state index contributed by atoms with van der Waals surface area (Å²) in [6.45, 7) is 5.47. The van der Waals surface area contributed by atoms with Crippen molar-refractivity contribution in [3.8, 4) is 0 Å². The van der Waals surface area contributed by atoms with Crippen LogP contribution in [-0.4, -0.2) is 48.3 Å². The van der Waals surface area contributed by atoms with E-state index in [2.05, 4.69) is 14.7 Å². The first kappa shape index (κ1) is 18.3. The first-order valence-corrected chi connectivity index (χ1v) is 12.4. The number of aromatic nitrogens is 1. The van der Waals surface area contributed by atoms with Gasteiger partial charge in [0.2, 0.25) is 16.0 Å². The van der Waals surface area contributed by atoms with Crippen LogP contribution in [0.4, 0.5) is 5.69 Å². The minimum absolute atomic E-state index is 0.0136. The van der Waals surface area contributed by atoms with E-state index >= 15 is 0 Å². The Bertz CT molecular complexity index is 1320. The van der Waals surface area contributed by atoms with Crippen molar-refractivity contribution in [3.05, 3.63) is 39.3 Å². The molecule has 1 amide bonds. The highest BCUT2D eigenvalue weighted by atomic mass is 32.2. The number of fused-ring (bicyclic) bond motifs is 3. The number of carbonyl (C=O) groups is 1. The molecule has 1 aliphatic carbocycles. The smallest absolute Gasteiger partial charge is 0.263 e. The standard InChI is InChI=1S/C21H25N5O3S2/c1-12-10-22-20-25(11-18-13(2)23-14(3)30-18)19(27)16-9-15(5-6-17(16)26(12)20)31(28,29)24-21(4)7-8-21/h5-6,9,12,24H,7-8,10-11H2,1-4H3/t12-/m1/s1/i11D2. The van der Waals surface area contributed by atoms with Gasteiger partial charge in [0.05, 0.1) is 48.7 Å². The minimum Gasteiger partial charge on any atom is -0.307 e. The normalized spacial score (nSPS) is 23.2. The topological polar surface area (TPSA) is 95.0 Å². The zero-order chi connectivity index (χ0) is 23.9. The molecule has 2 aliphatic heterocycles. The lowest BCUT2D eigenvalue weighted by Crippen LogP contribution is -2.52. The van der Waals surface area contributed by atoms with E-state index in [4.69, 9.17) is 2.74 Å². The van der Waals surface area contributed by atoms with Crippen LogP contribution in [0.3, 0.4) is 0 Å². The van der Waals surface area contributed by atoms with Crippen molar-refractivity contribution < 1.29 is 16.0 Å². The third-order valence-corrected chi connectivity index (χ3v) is 8.44. The molecule has 1 saturated carbocycles. The number of nitrogens with zero attached hydrogens (tertiary/aromatic N) is 4. The van der Waals surface area contributed by atoms with Crippen LogP contribution in [0.25, 0.3) is 0 Å². The number of anilines is 1. The number of hydrogen-bond donors (Lipinski definition) is 1. The molecule has 10 heteroatoms. The summed E-state index contributed by atoms with van der Waals surface area (Å²) in [6, 6.07) is 4.34. The SMILES string of the molecule is [2H]C([2H])(c1sc(C)nc1C)N1C(=O)c2cc(S(=O)(=O)NC3(C)CC3)ccc2N2C1=NC[C@H]2C. The number of hydrogen-bond acceptors (Lipinski definition) is 7. The van der Waals surface area contributed by atoms with Gasteiger partial charge in [-0.15, -0.1) is 11.3 Å². The van der Waals surface area contributed by atoms with Gasteiger partial charge in [0.15, 0.2) is 0 Å². The average Bonchev–Trinajstić information content (AvgIpc) is 3.14. The number of aryl methyl sites for hydroxylation is 2. The van der Waals surface area contributed by atoms with Gasteiger partial charge in [-0.3, -0.25) is 14.7 Å². The Labute approximate surface area is 188 Å². The van der Waals surface area contributed by atoms with Crippen LogP contribution in [-0.2, 0) is 16.5 Å². The molecule has 0 unspecified atom stereocenters. The van der Waals surface area contributed by atoms with Crippen molar-refractivity contribution in [2.45, 2.75) is 63.5 Å². The van der Waals surface area contributed by atoms with Crippen molar-refractivity contribution >= 4 is 38.9 Å². The summed E-state index contributed by atoms with van der Waals surface area (Å²) in [6.07, 6.45) is 1.53. The van der Waals surface area contributed by atoms with Crippen LogP contribution < -0.4 is 9.62 Å². The van der Waals surface area contributed by atoms with Gasteiger partial charge >= 0.3 is 0 Å². The van der Waals surface area contributed by atoms with Crippen LogP contribution >= 0.6 is 11.3 Å². The monoisotopic (exact) mass is 461 g/mol. The zero-order valence-electron chi connectivity index (χ0n) is 19.8. The molecule has 1 aromatic carbocycles. The van der Waals surface area contributed by atoms with Crippen LogP contribution in [0, 0.1) is 13.8 Å². The van der Waals surface area contributed by atoms with Gasteiger partial charge in [-0.1, -0.05) is 0 Å². The van der Waals surface area contributed by atoms with E-state index in [-0.39, 0.29) is 22.5 Å². The summed E-state index contributed by atoms with van der Waals surface area (Å²) >= 11 is 1.19. The van der Waals surface area contributed by atoms with Gasteiger partial charge in [0.1, 0.15) is 0 Å². The predicted octanol–water partition coefficient (Wildman–Crippen LogP) is 2.81. The number of carbonyl (C=O) groups excluding carboxylic acids is 1. The fourth-order valence-corrected chi connectivity index (χ4v) is 6.18. The summed E-state index contributed by atoms with van der Waals surface area (Å²) in [5.74, 6) is -0.395. The van der Waals surface area contributed by atoms with Gasteiger partial charge < -0.3 is 4.90 Å². The van der Waals surface area contributed by atoms with Crippen molar-refractivity contribution in [2.24, 2.45) is 4.99 Å². The zero-order valence-corrected chi connectivity index (χ0v) is 19.4. The van der Waals surface area contributed by atoms with E-state index in [9.17, 15) is 13.2 Å². The fraction of sp³-hybridized carbons (Fsp3) is 0.476.